The number of aromatic nitrogens is 4. The Morgan fingerprint density at radius 1 is 1.15 bits per heavy atom. The monoisotopic (exact) mass is 551 g/mol. The third-order valence-electron chi connectivity index (χ3n) is 7.34. The molecule has 1 amide bonds. The van der Waals surface area contributed by atoms with Crippen LogP contribution in [0.4, 0.5) is 21.1 Å². The molecule has 40 heavy (non-hydrogen) atoms. The molecule has 5 rings (SSSR count). The number of nitrogens with one attached hydrogen (secondary N) is 1. The number of imidazole rings is 1. The van der Waals surface area contributed by atoms with Crippen LogP contribution >= 0.6 is 0 Å². The fraction of sp³-hybridized carbons (Fsp3) is 0.429. The van der Waals surface area contributed by atoms with Gasteiger partial charge in [-0.3, -0.25) is 4.79 Å². The van der Waals surface area contributed by atoms with Crippen LogP contribution in [0.5, 0.6) is 0 Å². The zero-order chi connectivity index (χ0) is 28.1. The first kappa shape index (κ1) is 27.4. The number of aliphatic hydroxyl groups excluding tert-OH is 1. The summed E-state index contributed by atoms with van der Waals surface area (Å²) in [5.41, 5.74) is 0.682. The molecule has 1 fully saturated rings. The number of hydrogen-bond donors (Lipinski definition) is 2. The second-order valence-electron chi connectivity index (χ2n) is 9.93. The predicted molar refractivity (Wildman–Crippen MR) is 149 cm³/mol. The van der Waals surface area contributed by atoms with Gasteiger partial charge in [0.15, 0.2) is 6.73 Å². The van der Waals surface area contributed by atoms with Gasteiger partial charge in [-0.15, -0.1) is 0 Å². The Balaban J connectivity index is 1.31. The van der Waals surface area contributed by atoms with Gasteiger partial charge < -0.3 is 29.5 Å². The number of fused-ring (bicyclic) bond motifs is 1. The number of carbonyl (C=O) groups excluding carboxylic acids is 1. The van der Waals surface area contributed by atoms with Gasteiger partial charge in [0.2, 0.25) is 11.9 Å². The summed E-state index contributed by atoms with van der Waals surface area (Å²) in [6.07, 6.45) is 8.67. The quantitative estimate of drug-likeness (QED) is 0.401. The Labute approximate surface area is 230 Å². The highest BCUT2D eigenvalue weighted by atomic mass is 19.1. The predicted octanol–water partition coefficient (Wildman–Crippen LogP) is 0.763. The lowest BCUT2D eigenvalue weighted by Gasteiger charge is -2.38. The number of benzene rings is 1. The lowest BCUT2D eigenvalue weighted by molar-refractivity contribution is 0.110. The second kappa shape index (κ2) is 12.3. The van der Waals surface area contributed by atoms with Crippen molar-refractivity contribution in [3.8, 4) is 0 Å². The van der Waals surface area contributed by atoms with Crippen molar-refractivity contribution >= 4 is 30.1 Å². The number of carbonyl (C=O) groups is 1. The number of anilines is 2. The molecule has 3 aromatic rings. The molecular weight excluding hydrogens is 517 g/mol. The van der Waals surface area contributed by atoms with Gasteiger partial charge in [0.05, 0.1) is 23.8 Å². The van der Waals surface area contributed by atoms with Crippen molar-refractivity contribution in [3.05, 3.63) is 69.0 Å². The number of piperidine rings is 1. The fourth-order valence-electron chi connectivity index (χ4n) is 5.22. The zero-order valence-corrected chi connectivity index (χ0v) is 22.5. The number of aliphatic hydroxyl groups is 1. The van der Waals surface area contributed by atoms with Gasteiger partial charge in [-0.2, -0.15) is 0 Å². The Bertz CT molecular complexity index is 1510. The van der Waals surface area contributed by atoms with Crippen molar-refractivity contribution in [2.75, 3.05) is 43.1 Å². The molecule has 2 N–H and O–H groups in total. The number of alkyl carbamates (subject to hydrolysis) is 1. The summed E-state index contributed by atoms with van der Waals surface area (Å²) in [5, 5.41) is 13.4. The molecular formula is C28H34FN7O4. The smallest absolute Gasteiger partial charge is 0.408 e. The lowest BCUT2D eigenvalue weighted by Crippen LogP contribution is -2.46. The minimum Gasteiger partial charge on any atom is -0.428 e. The second-order valence-corrected chi connectivity index (χ2v) is 9.93. The van der Waals surface area contributed by atoms with Crippen LogP contribution < -0.4 is 31.4 Å². The van der Waals surface area contributed by atoms with E-state index in [2.05, 4.69) is 31.9 Å². The number of rotatable bonds is 9. The summed E-state index contributed by atoms with van der Waals surface area (Å²) in [7, 11) is 1.89. The zero-order valence-electron chi connectivity index (χ0n) is 22.5. The van der Waals surface area contributed by atoms with E-state index >= 15 is 0 Å². The average Bonchev–Trinajstić information content (AvgIpc) is 3.34. The minimum absolute atomic E-state index is 0.0628. The van der Waals surface area contributed by atoms with E-state index in [1.54, 1.807) is 0 Å². The van der Waals surface area contributed by atoms with E-state index in [-0.39, 0.29) is 37.3 Å². The molecule has 0 saturated carbocycles. The maximum absolute atomic E-state index is 13.5. The summed E-state index contributed by atoms with van der Waals surface area (Å²) in [6.45, 7) is 1.68. The van der Waals surface area contributed by atoms with Crippen LogP contribution in [0.15, 0.2) is 41.3 Å². The highest BCUT2D eigenvalue weighted by Gasteiger charge is 2.28. The van der Waals surface area contributed by atoms with Gasteiger partial charge in [-0.25, -0.2) is 23.7 Å². The number of hydrogen-bond acceptors (Lipinski definition) is 8. The topological polar surface area (TPSA) is 118 Å². The van der Waals surface area contributed by atoms with Gasteiger partial charge in [0.1, 0.15) is 5.82 Å². The molecule has 0 radical (unpaired) electrons. The van der Waals surface area contributed by atoms with Crippen molar-refractivity contribution in [1.82, 2.24) is 24.4 Å². The maximum atomic E-state index is 13.5. The highest BCUT2D eigenvalue weighted by molar-refractivity contribution is 5.66. The summed E-state index contributed by atoms with van der Waals surface area (Å²) in [5.74, 6) is 1.07. The Kier molecular flexibility index (Phi) is 8.44. The van der Waals surface area contributed by atoms with Crippen LogP contribution in [0.1, 0.15) is 31.2 Å². The molecule has 1 saturated heterocycles. The molecule has 12 heteroatoms. The molecule has 0 bridgehead atoms. The molecule has 0 spiro atoms. The van der Waals surface area contributed by atoms with E-state index in [0.29, 0.717) is 12.5 Å². The van der Waals surface area contributed by atoms with Gasteiger partial charge in [0.25, 0.3) is 5.56 Å². The third-order valence-corrected chi connectivity index (χ3v) is 7.34. The summed E-state index contributed by atoms with van der Waals surface area (Å²) in [4.78, 5) is 38.1. The average molecular weight is 552 g/mol. The first-order valence-electron chi connectivity index (χ1n) is 13.5. The fourth-order valence-corrected chi connectivity index (χ4v) is 5.22. The van der Waals surface area contributed by atoms with E-state index < -0.39 is 6.09 Å². The Morgan fingerprint density at radius 2 is 1.90 bits per heavy atom. The molecule has 1 aromatic carbocycles. The normalized spacial score (nSPS) is 15.1. The SMILES string of the molecule is CN(c1nccc(=O)n1COC(=O)NCCO)C1CCN(c2nc3c(n2Cc2ccc(F)cc2)=CCCC=3)CC1. The van der Waals surface area contributed by atoms with Crippen LogP contribution in [0.2, 0.25) is 0 Å². The minimum atomic E-state index is -0.722. The standard InChI is InChI=1S/C28H34FN7O4/c1-33(26-30-13-10-25(38)36(26)19-40-28(39)31-14-17-37)22-11-15-34(16-12-22)27-32-23-4-2-3-5-24(23)35(27)18-20-6-8-21(29)9-7-20/h4-10,13,22,37H,2-3,11-12,14-19H2,1H3,(H,31,39). The largest absolute Gasteiger partial charge is 0.428 e. The molecule has 2 aliphatic rings. The lowest BCUT2D eigenvalue weighted by atomic mass is 10.0. The highest BCUT2D eigenvalue weighted by Crippen LogP contribution is 2.23. The molecule has 2 aromatic heterocycles. The van der Waals surface area contributed by atoms with Crippen LogP contribution in [-0.4, -0.2) is 69.6 Å². The van der Waals surface area contributed by atoms with Crippen LogP contribution in [-0.2, 0) is 18.0 Å². The third kappa shape index (κ3) is 6.01. The summed E-state index contributed by atoms with van der Waals surface area (Å²) >= 11 is 0. The first-order chi connectivity index (χ1) is 19.4. The molecule has 1 aliphatic carbocycles. The molecule has 11 nitrogen and oxygen atoms in total. The van der Waals surface area contributed by atoms with Gasteiger partial charge in [-0.05, 0) is 43.4 Å². The molecule has 3 heterocycles. The molecule has 0 atom stereocenters. The Hall–Kier alpha value is -4.19. The van der Waals surface area contributed by atoms with E-state index in [1.165, 1.54) is 29.0 Å². The van der Waals surface area contributed by atoms with Crippen molar-refractivity contribution in [2.24, 2.45) is 0 Å². The Morgan fingerprint density at radius 3 is 2.65 bits per heavy atom. The summed E-state index contributed by atoms with van der Waals surface area (Å²) in [6, 6.07) is 8.02. The van der Waals surface area contributed by atoms with Crippen molar-refractivity contribution < 1.29 is 19.0 Å². The van der Waals surface area contributed by atoms with Crippen LogP contribution in [0.25, 0.3) is 12.2 Å². The van der Waals surface area contributed by atoms with E-state index in [4.69, 9.17) is 14.8 Å². The van der Waals surface area contributed by atoms with Crippen LogP contribution in [0.3, 0.4) is 0 Å². The number of amides is 1. The maximum Gasteiger partial charge on any atom is 0.408 e. The molecule has 212 valence electrons. The van der Waals surface area contributed by atoms with E-state index in [9.17, 15) is 14.0 Å². The van der Waals surface area contributed by atoms with Crippen molar-refractivity contribution in [3.63, 3.8) is 0 Å². The molecule has 0 unspecified atom stereocenters. The van der Waals surface area contributed by atoms with Gasteiger partial charge in [0, 0.05) is 45.0 Å². The number of nitrogens with zero attached hydrogens (tertiary/aromatic N) is 6. The van der Waals surface area contributed by atoms with Crippen LogP contribution in [0, 0.1) is 5.82 Å². The number of halogens is 1. The van der Waals surface area contributed by atoms with Crippen molar-refractivity contribution in [2.45, 2.75) is 45.0 Å². The van der Waals surface area contributed by atoms with Gasteiger partial charge >= 0.3 is 6.09 Å². The first-order valence-corrected chi connectivity index (χ1v) is 13.5. The van der Waals surface area contributed by atoms with Crippen molar-refractivity contribution in [1.29, 1.82) is 0 Å². The van der Waals surface area contributed by atoms with E-state index in [0.717, 1.165) is 61.0 Å². The van der Waals surface area contributed by atoms with E-state index in [1.807, 2.05) is 24.1 Å². The van der Waals surface area contributed by atoms with Gasteiger partial charge in [-0.1, -0.05) is 24.3 Å². The number of ether oxygens (including phenoxy) is 1. The summed E-state index contributed by atoms with van der Waals surface area (Å²) < 4.78 is 22.2. The molecule has 1 aliphatic heterocycles.